The van der Waals surface area contributed by atoms with Crippen LogP contribution in [0.4, 0.5) is 19.0 Å². The maximum Gasteiger partial charge on any atom is 0.417 e. The molecule has 11 heteroatoms. The summed E-state index contributed by atoms with van der Waals surface area (Å²) < 4.78 is 44.0. The zero-order valence-electron chi connectivity index (χ0n) is 13.2. The van der Waals surface area contributed by atoms with E-state index in [0.29, 0.717) is 6.07 Å². The lowest BCUT2D eigenvalue weighted by Gasteiger charge is -2.12. The molecule has 2 aromatic rings. The molecule has 0 saturated carbocycles. The Hall–Kier alpha value is -3.37. The van der Waals surface area contributed by atoms with E-state index in [4.69, 9.17) is 5.73 Å². The van der Waals surface area contributed by atoms with Crippen molar-refractivity contribution >= 4 is 17.6 Å². The molecule has 0 atom stereocenters. The Morgan fingerprint density at radius 3 is 2.46 bits per heavy atom. The Labute approximate surface area is 143 Å². The first-order valence-corrected chi connectivity index (χ1v) is 6.99. The molecular weight excluding hydrogens is 359 g/mol. The number of anilines is 1. The number of aromatic amines is 1. The number of benzene rings is 1. The lowest BCUT2D eigenvalue weighted by atomic mass is 10.1. The highest BCUT2D eigenvalue weighted by Crippen LogP contribution is 2.32. The molecule has 1 aromatic carbocycles. The lowest BCUT2D eigenvalue weighted by molar-refractivity contribution is -0.138. The van der Waals surface area contributed by atoms with Crippen LogP contribution in [-0.4, -0.2) is 27.9 Å². The third-order valence-electron chi connectivity index (χ3n) is 3.44. The van der Waals surface area contributed by atoms with Gasteiger partial charge in [0.25, 0.3) is 5.56 Å². The number of nitrogens with two attached hydrogens (primary N) is 1. The Kier molecular flexibility index (Phi) is 5.00. The van der Waals surface area contributed by atoms with E-state index >= 15 is 0 Å². The SMILES string of the molecule is Cn1c(N)c(C(=O)COC(=O)c2ccccc2C(F)(F)F)c(=O)[nH]c1=O. The van der Waals surface area contributed by atoms with Crippen molar-refractivity contribution in [1.29, 1.82) is 0 Å². The van der Waals surface area contributed by atoms with Gasteiger partial charge in [-0.1, -0.05) is 12.1 Å². The first kappa shape index (κ1) is 19.0. The highest BCUT2D eigenvalue weighted by molar-refractivity contribution is 6.02. The topological polar surface area (TPSA) is 124 Å². The minimum atomic E-state index is -4.79. The number of ketones is 1. The highest BCUT2D eigenvalue weighted by atomic mass is 19.4. The molecule has 0 aliphatic heterocycles. The molecule has 0 spiro atoms. The number of nitrogens with zero attached hydrogens (tertiary/aromatic N) is 1. The molecule has 3 N–H and O–H groups in total. The van der Waals surface area contributed by atoms with Crippen molar-refractivity contribution in [2.24, 2.45) is 7.05 Å². The number of rotatable bonds is 4. The Morgan fingerprint density at radius 2 is 1.85 bits per heavy atom. The number of nitrogen functional groups attached to an aromatic ring is 1. The number of H-pyrrole nitrogens is 1. The van der Waals surface area contributed by atoms with E-state index in [-0.39, 0.29) is 0 Å². The number of esters is 1. The molecule has 8 nitrogen and oxygen atoms in total. The number of carbonyl (C=O) groups excluding carboxylic acids is 2. The van der Waals surface area contributed by atoms with E-state index in [2.05, 4.69) is 4.74 Å². The molecule has 0 aliphatic carbocycles. The monoisotopic (exact) mass is 371 g/mol. The average molecular weight is 371 g/mol. The quantitative estimate of drug-likeness (QED) is 0.603. The Bertz CT molecular complexity index is 991. The molecular formula is C15H12F3N3O5. The lowest BCUT2D eigenvalue weighted by Crippen LogP contribution is -2.35. The summed E-state index contributed by atoms with van der Waals surface area (Å²) in [4.78, 5) is 48.8. The van der Waals surface area contributed by atoms with Gasteiger partial charge in [0.1, 0.15) is 11.4 Å². The number of carbonyl (C=O) groups is 2. The zero-order valence-corrected chi connectivity index (χ0v) is 13.2. The maximum atomic E-state index is 12.9. The van der Waals surface area contributed by atoms with Gasteiger partial charge in [0, 0.05) is 7.05 Å². The van der Waals surface area contributed by atoms with Gasteiger partial charge in [0.15, 0.2) is 6.61 Å². The van der Waals surface area contributed by atoms with Gasteiger partial charge in [-0.25, -0.2) is 9.59 Å². The second-order valence-corrected chi connectivity index (χ2v) is 5.12. The van der Waals surface area contributed by atoms with Crippen molar-refractivity contribution in [3.8, 4) is 0 Å². The maximum absolute atomic E-state index is 12.9. The van der Waals surface area contributed by atoms with Gasteiger partial charge in [0.2, 0.25) is 5.78 Å². The van der Waals surface area contributed by atoms with Crippen LogP contribution in [-0.2, 0) is 18.0 Å². The normalized spacial score (nSPS) is 11.2. The van der Waals surface area contributed by atoms with Gasteiger partial charge < -0.3 is 10.5 Å². The molecule has 1 heterocycles. The van der Waals surface area contributed by atoms with Crippen LogP contribution in [0.5, 0.6) is 0 Å². The minimum absolute atomic E-state index is 0.463. The first-order chi connectivity index (χ1) is 12.0. The summed E-state index contributed by atoms with van der Waals surface area (Å²) >= 11 is 0. The van der Waals surface area contributed by atoms with Gasteiger partial charge in [-0.2, -0.15) is 13.2 Å². The number of ether oxygens (including phenoxy) is 1. The fraction of sp³-hybridized carbons (Fsp3) is 0.200. The minimum Gasteiger partial charge on any atom is -0.454 e. The predicted octanol–water partition coefficient (Wildman–Crippen LogP) is 0.714. The van der Waals surface area contributed by atoms with Gasteiger partial charge >= 0.3 is 17.8 Å². The standard InChI is InChI=1S/C15H12F3N3O5/c1-21-11(19)10(12(23)20-14(21)25)9(22)6-26-13(24)7-4-2-3-5-8(7)15(16,17)18/h2-5H,6,19H2,1H3,(H,20,23,25). The fourth-order valence-electron chi connectivity index (χ4n) is 2.10. The van der Waals surface area contributed by atoms with E-state index in [1.165, 1.54) is 13.1 Å². The van der Waals surface area contributed by atoms with Crippen LogP contribution in [0.3, 0.4) is 0 Å². The van der Waals surface area contributed by atoms with E-state index in [9.17, 15) is 32.3 Å². The number of nitrogens with one attached hydrogen (secondary N) is 1. The van der Waals surface area contributed by atoms with Crippen molar-refractivity contribution in [2.45, 2.75) is 6.18 Å². The van der Waals surface area contributed by atoms with Gasteiger partial charge in [-0.05, 0) is 12.1 Å². The van der Waals surface area contributed by atoms with Crippen LogP contribution in [0.15, 0.2) is 33.9 Å². The summed E-state index contributed by atoms with van der Waals surface area (Å²) in [7, 11) is 1.19. The number of hydrogen-bond acceptors (Lipinski definition) is 6. The first-order valence-electron chi connectivity index (χ1n) is 6.99. The summed E-state index contributed by atoms with van der Waals surface area (Å²) in [5.41, 5.74) is 0.918. The van der Waals surface area contributed by atoms with Crippen LogP contribution >= 0.6 is 0 Å². The number of Topliss-reactive ketones (excluding diaryl/α,β-unsaturated/α-hetero) is 1. The summed E-state index contributed by atoms with van der Waals surface area (Å²) in [6.07, 6.45) is -4.79. The van der Waals surface area contributed by atoms with Crippen molar-refractivity contribution in [3.05, 3.63) is 61.8 Å². The summed E-state index contributed by atoms with van der Waals surface area (Å²) in [5.74, 6) is -2.93. The van der Waals surface area contributed by atoms with Gasteiger partial charge in [0.05, 0.1) is 11.1 Å². The summed E-state index contributed by atoms with van der Waals surface area (Å²) in [5, 5.41) is 0. The molecule has 0 unspecified atom stereocenters. The van der Waals surface area contributed by atoms with Crippen LogP contribution in [0.2, 0.25) is 0 Å². The number of hydrogen-bond donors (Lipinski definition) is 2. The molecule has 2 rings (SSSR count). The van der Waals surface area contributed by atoms with E-state index in [1.807, 2.05) is 4.98 Å². The second kappa shape index (κ2) is 6.86. The smallest absolute Gasteiger partial charge is 0.417 e. The van der Waals surface area contributed by atoms with Crippen molar-refractivity contribution in [2.75, 3.05) is 12.3 Å². The number of aromatic nitrogens is 2. The fourth-order valence-corrected chi connectivity index (χ4v) is 2.10. The molecule has 0 aliphatic rings. The molecule has 0 amide bonds. The van der Waals surface area contributed by atoms with Crippen LogP contribution < -0.4 is 17.0 Å². The van der Waals surface area contributed by atoms with Crippen LogP contribution in [0, 0.1) is 0 Å². The van der Waals surface area contributed by atoms with Crippen LogP contribution in [0.1, 0.15) is 26.3 Å². The van der Waals surface area contributed by atoms with Gasteiger partial charge in [-0.15, -0.1) is 0 Å². The van der Waals surface area contributed by atoms with Gasteiger partial charge in [-0.3, -0.25) is 19.1 Å². The van der Waals surface area contributed by atoms with Crippen LogP contribution in [0.25, 0.3) is 0 Å². The number of alkyl halides is 3. The third-order valence-corrected chi connectivity index (χ3v) is 3.44. The van der Waals surface area contributed by atoms with E-state index < -0.39 is 58.3 Å². The summed E-state index contributed by atoms with van der Waals surface area (Å²) in [6, 6.07) is 3.87. The largest absolute Gasteiger partial charge is 0.454 e. The van der Waals surface area contributed by atoms with Crippen molar-refractivity contribution in [3.63, 3.8) is 0 Å². The Balaban J connectivity index is 2.25. The molecule has 0 fully saturated rings. The molecule has 138 valence electrons. The molecule has 0 radical (unpaired) electrons. The summed E-state index contributed by atoms with van der Waals surface area (Å²) in [6.45, 7) is -1.03. The molecule has 26 heavy (non-hydrogen) atoms. The highest BCUT2D eigenvalue weighted by Gasteiger charge is 2.35. The average Bonchev–Trinajstić information content (AvgIpc) is 2.57. The second-order valence-electron chi connectivity index (χ2n) is 5.12. The van der Waals surface area contributed by atoms with E-state index in [1.54, 1.807) is 0 Å². The van der Waals surface area contributed by atoms with Crippen molar-refractivity contribution in [1.82, 2.24) is 9.55 Å². The van der Waals surface area contributed by atoms with Crippen molar-refractivity contribution < 1.29 is 27.5 Å². The zero-order chi connectivity index (χ0) is 19.6. The Morgan fingerprint density at radius 1 is 1.23 bits per heavy atom. The third kappa shape index (κ3) is 3.66. The molecule has 0 saturated heterocycles. The number of halogens is 3. The van der Waals surface area contributed by atoms with E-state index in [0.717, 1.165) is 16.7 Å². The molecule has 1 aromatic heterocycles. The molecule has 0 bridgehead atoms. The predicted molar refractivity (Wildman–Crippen MR) is 82.8 cm³/mol.